The van der Waals surface area contributed by atoms with Crippen LogP contribution in [-0.4, -0.2) is 30.8 Å². The molecule has 0 atom stereocenters. The highest BCUT2D eigenvalue weighted by molar-refractivity contribution is 7.86. The van der Waals surface area contributed by atoms with Crippen LogP contribution in [0.25, 0.3) is 10.2 Å². The molecule has 7 heteroatoms. The fourth-order valence-electron chi connectivity index (χ4n) is 2.42. The minimum absolute atomic E-state index is 0.343. The number of hydrogen-bond donors (Lipinski definition) is 1. The van der Waals surface area contributed by atoms with Gasteiger partial charge in [-0.05, 0) is 25.0 Å². The Morgan fingerprint density at radius 1 is 1.26 bits per heavy atom. The number of piperidine rings is 1. The molecule has 1 aromatic carbocycles. The Hall–Kier alpha value is -1.02. The van der Waals surface area contributed by atoms with Crippen LogP contribution in [0.1, 0.15) is 23.8 Å². The van der Waals surface area contributed by atoms with Gasteiger partial charge in [-0.2, -0.15) is 12.7 Å². The Morgan fingerprint density at radius 2 is 1.95 bits per heavy atom. The van der Waals surface area contributed by atoms with Gasteiger partial charge in [0.25, 0.3) is 10.2 Å². The van der Waals surface area contributed by atoms with E-state index in [4.69, 9.17) is 5.14 Å². The van der Waals surface area contributed by atoms with Crippen molar-refractivity contribution in [1.82, 2.24) is 9.29 Å². The van der Waals surface area contributed by atoms with Crippen molar-refractivity contribution >= 4 is 31.8 Å². The van der Waals surface area contributed by atoms with Crippen molar-refractivity contribution in [2.75, 3.05) is 13.1 Å². The first-order chi connectivity index (χ1) is 9.04. The van der Waals surface area contributed by atoms with Crippen LogP contribution in [0.3, 0.4) is 0 Å². The maximum absolute atomic E-state index is 11.3. The van der Waals surface area contributed by atoms with Crippen LogP contribution in [0.2, 0.25) is 0 Å². The van der Waals surface area contributed by atoms with E-state index in [1.54, 1.807) is 11.3 Å². The summed E-state index contributed by atoms with van der Waals surface area (Å²) in [5.41, 5.74) is 1.02. The highest BCUT2D eigenvalue weighted by Crippen LogP contribution is 2.33. The van der Waals surface area contributed by atoms with Crippen LogP contribution < -0.4 is 5.14 Å². The number of nitrogens with two attached hydrogens (primary N) is 1. The number of para-hydroxylation sites is 1. The number of fused-ring (bicyclic) bond motifs is 1. The fraction of sp³-hybridized carbons (Fsp3) is 0.417. The van der Waals surface area contributed by atoms with E-state index in [2.05, 4.69) is 11.1 Å². The molecule has 1 aromatic heterocycles. The molecular weight excluding hydrogens is 282 g/mol. The molecule has 0 aliphatic carbocycles. The summed E-state index contributed by atoms with van der Waals surface area (Å²) in [6.45, 7) is 0.971. The molecule has 2 N–H and O–H groups in total. The maximum Gasteiger partial charge on any atom is 0.276 e. The molecule has 0 spiro atoms. The molecular formula is C12H15N3O2S2. The molecule has 1 aliphatic rings. The highest BCUT2D eigenvalue weighted by atomic mass is 32.2. The zero-order valence-electron chi connectivity index (χ0n) is 10.3. The summed E-state index contributed by atoms with van der Waals surface area (Å²) < 4.78 is 25.1. The lowest BCUT2D eigenvalue weighted by atomic mass is 9.99. The Labute approximate surface area is 116 Å². The molecule has 0 amide bonds. The molecule has 1 fully saturated rings. The molecule has 102 valence electrons. The van der Waals surface area contributed by atoms with Crippen molar-refractivity contribution in [3.63, 3.8) is 0 Å². The van der Waals surface area contributed by atoms with Crippen LogP contribution in [0.4, 0.5) is 0 Å². The van der Waals surface area contributed by atoms with Crippen molar-refractivity contribution < 1.29 is 8.42 Å². The number of aromatic nitrogens is 1. The molecule has 1 saturated heterocycles. The van der Waals surface area contributed by atoms with E-state index in [9.17, 15) is 8.42 Å². The van der Waals surface area contributed by atoms with Gasteiger partial charge < -0.3 is 0 Å². The third kappa shape index (κ3) is 2.64. The molecule has 5 nitrogen and oxygen atoms in total. The predicted octanol–water partition coefficient (Wildman–Crippen LogP) is 1.68. The fourth-order valence-corrected chi connectivity index (χ4v) is 4.28. The quantitative estimate of drug-likeness (QED) is 0.916. The van der Waals surface area contributed by atoms with E-state index in [1.165, 1.54) is 9.01 Å². The smallest absolute Gasteiger partial charge is 0.241 e. The summed E-state index contributed by atoms with van der Waals surface area (Å²) in [6, 6.07) is 8.06. The maximum atomic E-state index is 11.3. The summed E-state index contributed by atoms with van der Waals surface area (Å²) in [6.07, 6.45) is 1.58. The Morgan fingerprint density at radius 3 is 2.58 bits per heavy atom. The number of rotatable bonds is 2. The van der Waals surface area contributed by atoms with Gasteiger partial charge in [0.2, 0.25) is 0 Å². The van der Waals surface area contributed by atoms with E-state index in [0.29, 0.717) is 19.0 Å². The van der Waals surface area contributed by atoms with E-state index in [-0.39, 0.29) is 0 Å². The molecule has 0 bridgehead atoms. The molecule has 1 aliphatic heterocycles. The molecule has 19 heavy (non-hydrogen) atoms. The number of hydrogen-bond acceptors (Lipinski definition) is 4. The van der Waals surface area contributed by atoms with Gasteiger partial charge in [-0.1, -0.05) is 12.1 Å². The van der Waals surface area contributed by atoms with E-state index in [1.807, 2.05) is 18.2 Å². The van der Waals surface area contributed by atoms with Crippen molar-refractivity contribution in [1.29, 1.82) is 0 Å². The topological polar surface area (TPSA) is 76.3 Å². The number of thiazole rings is 1. The van der Waals surface area contributed by atoms with Gasteiger partial charge in [-0.15, -0.1) is 11.3 Å². The average molecular weight is 297 g/mol. The molecule has 0 saturated carbocycles. The molecule has 0 unspecified atom stereocenters. The Balaban J connectivity index is 1.78. The predicted molar refractivity (Wildman–Crippen MR) is 76.3 cm³/mol. The highest BCUT2D eigenvalue weighted by Gasteiger charge is 2.27. The summed E-state index contributed by atoms with van der Waals surface area (Å²) in [4.78, 5) is 4.64. The zero-order chi connectivity index (χ0) is 13.5. The van der Waals surface area contributed by atoms with Gasteiger partial charge >= 0.3 is 0 Å². The lowest BCUT2D eigenvalue weighted by Gasteiger charge is -2.28. The summed E-state index contributed by atoms with van der Waals surface area (Å²) in [7, 11) is -3.54. The van der Waals surface area contributed by atoms with Gasteiger partial charge in [0, 0.05) is 19.0 Å². The Bertz CT molecular complexity index is 655. The zero-order valence-corrected chi connectivity index (χ0v) is 12.0. The largest absolute Gasteiger partial charge is 0.276 e. The standard InChI is InChI=1S/C12H15N3O2S2/c13-19(16,17)15-7-5-9(6-8-15)12-14-10-3-1-2-4-11(10)18-12/h1-4,9H,5-8H2,(H2,13,16,17). The second kappa shape index (κ2) is 4.82. The minimum atomic E-state index is -3.54. The van der Waals surface area contributed by atoms with Gasteiger partial charge in [0.1, 0.15) is 0 Å². The number of nitrogens with zero attached hydrogens (tertiary/aromatic N) is 2. The van der Waals surface area contributed by atoms with E-state index < -0.39 is 10.2 Å². The van der Waals surface area contributed by atoms with Crippen molar-refractivity contribution in [3.8, 4) is 0 Å². The lowest BCUT2D eigenvalue weighted by Crippen LogP contribution is -2.41. The van der Waals surface area contributed by atoms with Crippen molar-refractivity contribution in [2.24, 2.45) is 5.14 Å². The van der Waals surface area contributed by atoms with Crippen molar-refractivity contribution in [2.45, 2.75) is 18.8 Å². The van der Waals surface area contributed by atoms with Gasteiger partial charge in [0.15, 0.2) is 0 Å². The van der Waals surface area contributed by atoms with E-state index >= 15 is 0 Å². The normalized spacial score (nSPS) is 19.0. The molecule has 3 rings (SSSR count). The van der Waals surface area contributed by atoms with Gasteiger partial charge in [-0.3, -0.25) is 0 Å². The number of benzene rings is 1. The molecule has 2 aromatic rings. The first-order valence-electron chi connectivity index (χ1n) is 6.17. The summed E-state index contributed by atoms with van der Waals surface area (Å²) in [5.74, 6) is 0.343. The van der Waals surface area contributed by atoms with Gasteiger partial charge in [0.05, 0.1) is 15.2 Å². The minimum Gasteiger partial charge on any atom is -0.241 e. The molecule has 2 heterocycles. The lowest BCUT2D eigenvalue weighted by molar-refractivity contribution is 0.319. The van der Waals surface area contributed by atoms with Crippen LogP contribution in [0, 0.1) is 0 Å². The second-order valence-corrected chi connectivity index (χ2v) is 7.35. The van der Waals surface area contributed by atoms with Crippen LogP contribution in [-0.2, 0) is 10.2 Å². The SMILES string of the molecule is NS(=O)(=O)N1CCC(c2nc3ccccc3s2)CC1. The van der Waals surface area contributed by atoms with Gasteiger partial charge in [-0.25, -0.2) is 10.1 Å². The van der Waals surface area contributed by atoms with E-state index in [0.717, 1.165) is 23.4 Å². The first-order valence-corrected chi connectivity index (χ1v) is 8.49. The summed E-state index contributed by atoms with van der Waals surface area (Å²) >= 11 is 1.70. The average Bonchev–Trinajstić information content (AvgIpc) is 2.81. The molecule has 0 radical (unpaired) electrons. The third-order valence-electron chi connectivity index (χ3n) is 3.47. The Kier molecular flexibility index (Phi) is 3.30. The monoisotopic (exact) mass is 297 g/mol. The van der Waals surface area contributed by atoms with Crippen molar-refractivity contribution in [3.05, 3.63) is 29.3 Å². The van der Waals surface area contributed by atoms with Crippen LogP contribution in [0.15, 0.2) is 24.3 Å². The second-order valence-electron chi connectivity index (χ2n) is 4.74. The first kappa shape index (κ1) is 13.0. The summed E-state index contributed by atoms with van der Waals surface area (Å²) in [5, 5.41) is 6.25. The van der Waals surface area contributed by atoms with Crippen LogP contribution >= 0.6 is 11.3 Å². The van der Waals surface area contributed by atoms with Crippen LogP contribution in [0.5, 0.6) is 0 Å². The third-order valence-corrected chi connectivity index (χ3v) is 5.76.